The highest BCUT2D eigenvalue weighted by Crippen LogP contribution is 2.17. The van der Waals surface area contributed by atoms with Gasteiger partial charge in [0.25, 0.3) is 0 Å². The zero-order chi connectivity index (χ0) is 8.43. The first kappa shape index (κ1) is 8.03. The monoisotopic (exact) mass is 175 g/mol. The van der Waals surface area contributed by atoms with Crippen LogP contribution in [0.15, 0.2) is 6.20 Å². The SMILES string of the molecule is NC(C(=O)O)c1cn[nH]c1Cl. The molecule has 5 nitrogen and oxygen atoms in total. The maximum atomic E-state index is 10.3. The van der Waals surface area contributed by atoms with Crippen molar-refractivity contribution in [1.29, 1.82) is 0 Å². The molecule has 0 bridgehead atoms. The summed E-state index contributed by atoms with van der Waals surface area (Å²) < 4.78 is 0. The molecule has 0 saturated carbocycles. The van der Waals surface area contributed by atoms with Gasteiger partial charge in [0.05, 0.1) is 6.20 Å². The third kappa shape index (κ3) is 1.50. The van der Waals surface area contributed by atoms with Crippen LogP contribution in [-0.2, 0) is 4.79 Å². The smallest absolute Gasteiger partial charge is 0.325 e. The van der Waals surface area contributed by atoms with E-state index in [9.17, 15) is 4.79 Å². The van der Waals surface area contributed by atoms with Gasteiger partial charge in [-0.15, -0.1) is 0 Å². The first-order chi connectivity index (χ1) is 5.13. The van der Waals surface area contributed by atoms with Crippen LogP contribution in [0.5, 0.6) is 0 Å². The van der Waals surface area contributed by atoms with Gasteiger partial charge < -0.3 is 10.8 Å². The fourth-order valence-electron chi connectivity index (χ4n) is 0.630. The minimum atomic E-state index is -1.13. The molecule has 4 N–H and O–H groups in total. The van der Waals surface area contributed by atoms with Crippen molar-refractivity contribution in [3.63, 3.8) is 0 Å². The summed E-state index contributed by atoms with van der Waals surface area (Å²) in [6, 6.07) is -1.11. The Morgan fingerprint density at radius 1 is 1.91 bits per heavy atom. The van der Waals surface area contributed by atoms with Gasteiger partial charge in [0, 0.05) is 5.56 Å². The number of hydrogen-bond donors (Lipinski definition) is 3. The Balaban J connectivity index is 2.92. The lowest BCUT2D eigenvalue weighted by atomic mass is 10.2. The molecular weight excluding hydrogens is 170 g/mol. The summed E-state index contributed by atoms with van der Waals surface area (Å²) in [5.74, 6) is -1.13. The van der Waals surface area contributed by atoms with E-state index in [4.69, 9.17) is 22.4 Å². The van der Waals surface area contributed by atoms with E-state index in [1.54, 1.807) is 0 Å². The maximum Gasteiger partial charge on any atom is 0.325 e. The zero-order valence-corrected chi connectivity index (χ0v) is 6.17. The van der Waals surface area contributed by atoms with Crippen LogP contribution in [0, 0.1) is 0 Å². The van der Waals surface area contributed by atoms with Gasteiger partial charge in [0.15, 0.2) is 0 Å². The molecule has 1 aromatic rings. The Bertz CT molecular complexity index is 272. The minimum Gasteiger partial charge on any atom is -0.480 e. The molecule has 1 heterocycles. The minimum absolute atomic E-state index is 0.167. The second-order valence-electron chi connectivity index (χ2n) is 1.96. The Labute approximate surface area is 67.2 Å². The highest BCUT2D eigenvalue weighted by atomic mass is 35.5. The number of aromatic amines is 1. The summed E-state index contributed by atoms with van der Waals surface area (Å²) >= 11 is 5.52. The van der Waals surface area contributed by atoms with Crippen LogP contribution < -0.4 is 5.73 Å². The summed E-state index contributed by atoms with van der Waals surface area (Å²) in [5.41, 5.74) is 5.53. The molecule has 60 valence electrons. The number of rotatable bonds is 2. The van der Waals surface area contributed by atoms with E-state index < -0.39 is 12.0 Å². The number of carboxylic acid groups (broad SMARTS) is 1. The summed E-state index contributed by atoms with van der Waals surface area (Å²) in [4.78, 5) is 10.3. The number of carboxylic acids is 1. The lowest BCUT2D eigenvalue weighted by molar-refractivity contribution is -0.138. The van der Waals surface area contributed by atoms with Gasteiger partial charge in [0.1, 0.15) is 11.2 Å². The predicted molar refractivity (Wildman–Crippen MR) is 38.2 cm³/mol. The number of carbonyl (C=O) groups is 1. The van der Waals surface area contributed by atoms with E-state index >= 15 is 0 Å². The van der Waals surface area contributed by atoms with Gasteiger partial charge in [-0.1, -0.05) is 11.6 Å². The van der Waals surface area contributed by atoms with Crippen molar-refractivity contribution in [3.05, 3.63) is 16.9 Å². The van der Waals surface area contributed by atoms with Crippen molar-refractivity contribution in [3.8, 4) is 0 Å². The van der Waals surface area contributed by atoms with E-state index in [0.717, 1.165) is 0 Å². The zero-order valence-electron chi connectivity index (χ0n) is 5.41. The van der Waals surface area contributed by atoms with Gasteiger partial charge >= 0.3 is 5.97 Å². The molecule has 0 saturated heterocycles. The molecule has 6 heteroatoms. The number of nitrogens with two attached hydrogens (primary N) is 1. The fraction of sp³-hybridized carbons (Fsp3) is 0.200. The Kier molecular flexibility index (Phi) is 2.11. The van der Waals surface area contributed by atoms with Gasteiger partial charge in [0.2, 0.25) is 0 Å². The van der Waals surface area contributed by atoms with E-state index in [0.29, 0.717) is 5.56 Å². The first-order valence-electron chi connectivity index (χ1n) is 2.80. The lowest BCUT2D eigenvalue weighted by Gasteiger charge is -2.01. The van der Waals surface area contributed by atoms with Crippen molar-refractivity contribution >= 4 is 17.6 Å². The number of aliphatic carboxylic acids is 1. The second kappa shape index (κ2) is 2.89. The second-order valence-corrected chi connectivity index (χ2v) is 2.33. The number of aromatic nitrogens is 2. The van der Waals surface area contributed by atoms with Gasteiger partial charge in [-0.25, -0.2) is 0 Å². The van der Waals surface area contributed by atoms with Crippen LogP contribution in [-0.4, -0.2) is 21.3 Å². The van der Waals surface area contributed by atoms with Crippen LogP contribution in [0.2, 0.25) is 5.15 Å². The van der Waals surface area contributed by atoms with Crippen LogP contribution in [0.25, 0.3) is 0 Å². The van der Waals surface area contributed by atoms with Crippen LogP contribution in [0.1, 0.15) is 11.6 Å². The maximum absolute atomic E-state index is 10.3. The standard InChI is InChI=1S/C5H6ClN3O2/c6-4-2(1-8-9-4)3(7)5(10)11/h1,3H,7H2,(H,8,9)(H,10,11). The summed E-state index contributed by atoms with van der Waals surface area (Å²) in [7, 11) is 0. The highest BCUT2D eigenvalue weighted by Gasteiger charge is 2.18. The largest absolute Gasteiger partial charge is 0.480 e. The Morgan fingerprint density at radius 3 is 2.91 bits per heavy atom. The molecule has 0 fully saturated rings. The van der Waals surface area contributed by atoms with Crippen LogP contribution in [0.3, 0.4) is 0 Å². The molecule has 1 aromatic heterocycles. The van der Waals surface area contributed by atoms with Gasteiger partial charge in [-0.2, -0.15) is 5.10 Å². The van der Waals surface area contributed by atoms with Crippen molar-refractivity contribution in [2.45, 2.75) is 6.04 Å². The Morgan fingerprint density at radius 2 is 2.55 bits per heavy atom. The predicted octanol–water partition coefficient (Wildman–Crippen LogP) is 0.147. The number of H-pyrrole nitrogens is 1. The molecule has 1 rings (SSSR count). The molecule has 0 amide bonds. The molecule has 1 atom stereocenters. The summed E-state index contributed by atoms with van der Waals surface area (Å²) in [6.45, 7) is 0. The molecule has 0 aliphatic carbocycles. The average molecular weight is 176 g/mol. The Hall–Kier alpha value is -1.07. The molecule has 1 unspecified atom stereocenters. The van der Waals surface area contributed by atoms with Gasteiger partial charge in [-0.05, 0) is 0 Å². The number of hydrogen-bond acceptors (Lipinski definition) is 3. The van der Waals surface area contributed by atoms with Crippen molar-refractivity contribution in [2.75, 3.05) is 0 Å². The molecular formula is C5H6ClN3O2. The summed E-state index contributed by atoms with van der Waals surface area (Å²) in [5, 5.41) is 14.5. The fourth-order valence-corrected chi connectivity index (χ4v) is 0.845. The third-order valence-corrected chi connectivity index (χ3v) is 1.52. The molecule has 0 spiro atoms. The van der Waals surface area contributed by atoms with Crippen molar-refractivity contribution in [1.82, 2.24) is 10.2 Å². The van der Waals surface area contributed by atoms with E-state index in [2.05, 4.69) is 10.2 Å². The lowest BCUT2D eigenvalue weighted by Crippen LogP contribution is -2.20. The van der Waals surface area contributed by atoms with Crippen molar-refractivity contribution in [2.24, 2.45) is 5.73 Å². The van der Waals surface area contributed by atoms with E-state index in [-0.39, 0.29) is 5.15 Å². The van der Waals surface area contributed by atoms with Crippen LogP contribution >= 0.6 is 11.6 Å². The number of nitrogens with one attached hydrogen (secondary N) is 1. The quantitative estimate of drug-likeness (QED) is 0.597. The number of nitrogens with zero attached hydrogens (tertiary/aromatic N) is 1. The van der Waals surface area contributed by atoms with E-state index in [1.165, 1.54) is 6.20 Å². The molecule has 0 aliphatic heterocycles. The summed E-state index contributed by atoms with van der Waals surface area (Å²) in [6.07, 6.45) is 1.29. The molecule has 0 aliphatic rings. The number of halogens is 1. The third-order valence-electron chi connectivity index (χ3n) is 1.22. The van der Waals surface area contributed by atoms with E-state index in [1.807, 2.05) is 0 Å². The highest BCUT2D eigenvalue weighted by molar-refractivity contribution is 6.30. The molecule has 11 heavy (non-hydrogen) atoms. The average Bonchev–Trinajstić information content (AvgIpc) is 2.33. The van der Waals surface area contributed by atoms with Crippen LogP contribution in [0.4, 0.5) is 0 Å². The first-order valence-corrected chi connectivity index (χ1v) is 3.18. The molecule has 0 radical (unpaired) electrons. The van der Waals surface area contributed by atoms with Gasteiger partial charge in [-0.3, -0.25) is 9.89 Å². The molecule has 0 aromatic carbocycles. The topological polar surface area (TPSA) is 92.0 Å². The normalized spacial score (nSPS) is 12.9. The van der Waals surface area contributed by atoms with Crippen molar-refractivity contribution < 1.29 is 9.90 Å².